The first-order valence-electron chi connectivity index (χ1n) is 6.28. The molecule has 1 aliphatic carbocycles. The van der Waals surface area contributed by atoms with Gasteiger partial charge in [0.1, 0.15) is 0 Å². The van der Waals surface area contributed by atoms with Crippen molar-refractivity contribution in [1.82, 2.24) is 4.98 Å². The van der Waals surface area contributed by atoms with E-state index in [0.717, 1.165) is 25.0 Å². The molecule has 7 heteroatoms. The summed E-state index contributed by atoms with van der Waals surface area (Å²) in [5.41, 5.74) is -0.0894. The predicted molar refractivity (Wildman–Crippen MR) is 65.9 cm³/mol. The Morgan fingerprint density at radius 2 is 1.86 bits per heavy atom. The van der Waals surface area contributed by atoms with Crippen molar-refractivity contribution in [2.24, 2.45) is 0 Å². The first kappa shape index (κ1) is 13.7. The van der Waals surface area contributed by atoms with E-state index in [4.69, 9.17) is 9.52 Å². The first-order valence-corrected chi connectivity index (χ1v) is 6.28. The van der Waals surface area contributed by atoms with Gasteiger partial charge in [0.2, 0.25) is 11.7 Å². The van der Waals surface area contributed by atoms with Crippen LogP contribution in [0.5, 0.6) is 0 Å². The molecule has 1 aliphatic rings. The van der Waals surface area contributed by atoms with Gasteiger partial charge in [0, 0.05) is 11.5 Å². The quantitative estimate of drug-likeness (QED) is 0.932. The number of carboxylic acid groups (broad SMARTS) is 1. The number of benzene rings is 1. The van der Waals surface area contributed by atoms with E-state index in [1.165, 1.54) is 12.1 Å². The largest absolute Gasteiger partial charge is 0.475 e. The monoisotopic (exact) mass is 297 g/mol. The van der Waals surface area contributed by atoms with Crippen molar-refractivity contribution >= 4 is 5.97 Å². The van der Waals surface area contributed by atoms with Crippen LogP contribution in [0, 0.1) is 0 Å². The lowest BCUT2D eigenvalue weighted by molar-refractivity contribution is -0.137. The molecule has 0 spiro atoms. The molecule has 1 fully saturated rings. The normalized spacial score (nSPS) is 15.2. The summed E-state index contributed by atoms with van der Waals surface area (Å²) < 4.78 is 42.7. The number of carboxylic acids is 1. The molecule has 110 valence electrons. The highest BCUT2D eigenvalue weighted by atomic mass is 19.4. The molecule has 1 aromatic heterocycles. The second kappa shape index (κ2) is 4.61. The summed E-state index contributed by atoms with van der Waals surface area (Å²) in [5.74, 6) is -1.35. The molecular formula is C14H10F3NO3. The van der Waals surface area contributed by atoms with E-state index in [9.17, 15) is 18.0 Å². The van der Waals surface area contributed by atoms with Crippen molar-refractivity contribution in [3.05, 3.63) is 41.3 Å². The number of halogens is 3. The van der Waals surface area contributed by atoms with Crippen LogP contribution in [0.2, 0.25) is 0 Å². The number of carbonyl (C=O) groups is 1. The Morgan fingerprint density at radius 1 is 1.24 bits per heavy atom. The summed E-state index contributed by atoms with van der Waals surface area (Å²) in [4.78, 5) is 15.2. The smallest absolute Gasteiger partial charge is 0.416 e. The molecule has 1 heterocycles. The van der Waals surface area contributed by atoms with Crippen LogP contribution in [-0.4, -0.2) is 16.1 Å². The summed E-state index contributed by atoms with van der Waals surface area (Å²) in [7, 11) is 0. The van der Waals surface area contributed by atoms with Crippen LogP contribution in [0.15, 0.2) is 28.7 Å². The number of hydrogen-bond acceptors (Lipinski definition) is 3. The van der Waals surface area contributed by atoms with Crippen LogP contribution >= 0.6 is 0 Å². The molecule has 0 amide bonds. The van der Waals surface area contributed by atoms with Crippen LogP contribution in [0.1, 0.15) is 40.6 Å². The van der Waals surface area contributed by atoms with E-state index < -0.39 is 17.7 Å². The minimum absolute atomic E-state index is 0.0306. The number of nitrogens with zero attached hydrogens (tertiary/aromatic N) is 1. The molecule has 2 aromatic rings. The van der Waals surface area contributed by atoms with Gasteiger partial charge in [-0.05, 0) is 37.1 Å². The fraction of sp³-hybridized carbons (Fsp3) is 0.286. The average molecular weight is 297 g/mol. The van der Waals surface area contributed by atoms with E-state index in [0.29, 0.717) is 11.3 Å². The van der Waals surface area contributed by atoms with E-state index >= 15 is 0 Å². The summed E-state index contributed by atoms with van der Waals surface area (Å²) >= 11 is 0. The van der Waals surface area contributed by atoms with Gasteiger partial charge in [-0.1, -0.05) is 0 Å². The van der Waals surface area contributed by atoms with Gasteiger partial charge < -0.3 is 9.52 Å². The number of oxazole rings is 1. The number of hydrogen-bond donors (Lipinski definition) is 1. The second-order valence-electron chi connectivity index (χ2n) is 4.89. The highest BCUT2D eigenvalue weighted by Crippen LogP contribution is 2.42. The average Bonchev–Trinajstić information content (AvgIpc) is 3.16. The van der Waals surface area contributed by atoms with Crippen molar-refractivity contribution in [2.45, 2.75) is 24.9 Å². The summed E-state index contributed by atoms with van der Waals surface area (Å²) in [6, 6.07) is 4.27. The third-order valence-corrected chi connectivity index (χ3v) is 3.27. The number of alkyl halides is 3. The van der Waals surface area contributed by atoms with Crippen molar-refractivity contribution in [3.8, 4) is 11.5 Å². The van der Waals surface area contributed by atoms with Crippen LogP contribution in [0.3, 0.4) is 0 Å². The zero-order valence-corrected chi connectivity index (χ0v) is 10.6. The Balaban J connectivity index is 1.97. The molecule has 3 rings (SSSR count). The number of aromatic carboxylic acids is 1. The Hall–Kier alpha value is -2.31. The van der Waals surface area contributed by atoms with Gasteiger partial charge >= 0.3 is 12.1 Å². The molecule has 0 aliphatic heterocycles. The third-order valence-electron chi connectivity index (χ3n) is 3.27. The number of rotatable bonds is 3. The van der Waals surface area contributed by atoms with Gasteiger partial charge in [0.05, 0.1) is 11.3 Å². The lowest BCUT2D eigenvalue weighted by Gasteiger charge is -2.05. The third kappa shape index (κ3) is 2.63. The number of aromatic nitrogens is 1. The lowest BCUT2D eigenvalue weighted by Crippen LogP contribution is -2.03. The molecule has 0 saturated heterocycles. The Bertz CT molecular complexity index is 684. The lowest BCUT2D eigenvalue weighted by atomic mass is 10.1. The van der Waals surface area contributed by atoms with Crippen LogP contribution in [0.25, 0.3) is 11.5 Å². The van der Waals surface area contributed by atoms with Crippen LogP contribution in [0.4, 0.5) is 13.2 Å². The van der Waals surface area contributed by atoms with Crippen molar-refractivity contribution in [3.63, 3.8) is 0 Å². The van der Waals surface area contributed by atoms with E-state index in [1.54, 1.807) is 0 Å². The van der Waals surface area contributed by atoms with Crippen molar-refractivity contribution in [2.75, 3.05) is 0 Å². The zero-order valence-electron chi connectivity index (χ0n) is 10.6. The predicted octanol–water partition coefficient (Wildman–Crippen LogP) is 3.94. The zero-order chi connectivity index (χ0) is 15.2. The maximum atomic E-state index is 12.5. The molecule has 0 bridgehead atoms. The maximum absolute atomic E-state index is 12.5. The van der Waals surface area contributed by atoms with Gasteiger partial charge in [0.25, 0.3) is 0 Å². The Labute approximate surface area is 117 Å². The van der Waals surface area contributed by atoms with Gasteiger partial charge in [0.15, 0.2) is 0 Å². The molecule has 1 N–H and O–H groups in total. The summed E-state index contributed by atoms with van der Waals surface area (Å²) in [5, 5.41) is 9.07. The second-order valence-corrected chi connectivity index (χ2v) is 4.89. The van der Waals surface area contributed by atoms with Gasteiger partial charge in [-0.25, -0.2) is 9.78 Å². The fourth-order valence-electron chi connectivity index (χ4n) is 2.04. The van der Waals surface area contributed by atoms with Gasteiger partial charge in [-0.15, -0.1) is 0 Å². The molecule has 0 atom stereocenters. The molecule has 0 radical (unpaired) electrons. The Kier molecular flexibility index (Phi) is 3.00. The molecule has 21 heavy (non-hydrogen) atoms. The van der Waals surface area contributed by atoms with Gasteiger partial charge in [-0.2, -0.15) is 13.2 Å². The Morgan fingerprint density at radius 3 is 2.33 bits per heavy atom. The van der Waals surface area contributed by atoms with Crippen molar-refractivity contribution in [1.29, 1.82) is 0 Å². The minimum Gasteiger partial charge on any atom is -0.475 e. The fourth-order valence-corrected chi connectivity index (χ4v) is 2.04. The summed E-state index contributed by atoms with van der Waals surface area (Å²) in [6.45, 7) is 0. The van der Waals surface area contributed by atoms with Crippen LogP contribution in [-0.2, 0) is 6.18 Å². The van der Waals surface area contributed by atoms with E-state index in [1.807, 2.05) is 0 Å². The highest BCUT2D eigenvalue weighted by Gasteiger charge is 2.34. The van der Waals surface area contributed by atoms with Gasteiger partial charge in [-0.3, -0.25) is 0 Å². The SMILES string of the molecule is O=C(O)c1oc(-c2ccc(C(F)(F)F)cc2)nc1C1CC1. The molecule has 0 unspecified atom stereocenters. The van der Waals surface area contributed by atoms with E-state index in [-0.39, 0.29) is 17.6 Å². The molecule has 4 nitrogen and oxygen atoms in total. The van der Waals surface area contributed by atoms with Crippen LogP contribution < -0.4 is 0 Å². The standard InChI is InChI=1S/C14H10F3NO3/c15-14(16,17)9-5-3-8(4-6-9)12-18-10(7-1-2-7)11(21-12)13(19)20/h3-7H,1-2H2,(H,19,20). The first-order chi connectivity index (χ1) is 9.86. The molecule has 1 saturated carbocycles. The summed E-state index contributed by atoms with van der Waals surface area (Å²) in [6.07, 6.45) is -2.72. The molecule has 1 aromatic carbocycles. The highest BCUT2D eigenvalue weighted by molar-refractivity contribution is 5.86. The topological polar surface area (TPSA) is 63.3 Å². The maximum Gasteiger partial charge on any atom is 0.416 e. The van der Waals surface area contributed by atoms with E-state index in [2.05, 4.69) is 4.98 Å². The minimum atomic E-state index is -4.42. The van der Waals surface area contributed by atoms with Crippen molar-refractivity contribution < 1.29 is 27.5 Å². The molecular weight excluding hydrogens is 287 g/mol.